The molecule has 1 atom stereocenters. The van der Waals surface area contributed by atoms with E-state index in [1.54, 1.807) is 11.7 Å². The molecule has 1 N–H and O–H groups in total. The highest BCUT2D eigenvalue weighted by atomic mass is 35.5. The molecule has 0 saturated carbocycles. The molecule has 100 valence electrons. The molecule has 1 saturated heterocycles. The Morgan fingerprint density at radius 1 is 1.67 bits per heavy atom. The maximum Gasteiger partial charge on any atom is 0.141 e. The number of carbonyl (C=O) groups excluding carboxylic acids is 1. The third-order valence-corrected chi connectivity index (χ3v) is 3.58. The van der Waals surface area contributed by atoms with Gasteiger partial charge in [0.25, 0.3) is 0 Å². The monoisotopic (exact) mass is 271 g/mol. The second kappa shape index (κ2) is 5.82. The van der Waals surface area contributed by atoms with Crippen molar-refractivity contribution in [2.75, 3.05) is 19.7 Å². The lowest BCUT2D eigenvalue weighted by Gasteiger charge is -2.22. The highest BCUT2D eigenvalue weighted by molar-refractivity contribution is 6.32. The van der Waals surface area contributed by atoms with E-state index in [0.29, 0.717) is 24.5 Å². The molecule has 0 radical (unpaired) electrons. The summed E-state index contributed by atoms with van der Waals surface area (Å²) < 4.78 is 7.19. The molecule has 0 aliphatic carbocycles. The zero-order chi connectivity index (χ0) is 13.1. The van der Waals surface area contributed by atoms with Gasteiger partial charge in [0.2, 0.25) is 0 Å². The third kappa shape index (κ3) is 3.10. The SMILES string of the molecule is Cc1nn(C)c(CC(=O)CC2CNCCO2)c1Cl. The van der Waals surface area contributed by atoms with Gasteiger partial charge in [-0.3, -0.25) is 9.48 Å². The molecular formula is C12H18ClN3O2. The lowest BCUT2D eigenvalue weighted by molar-refractivity contribution is -0.121. The van der Waals surface area contributed by atoms with Crippen LogP contribution in [-0.4, -0.2) is 41.4 Å². The molecule has 1 aliphatic heterocycles. The predicted octanol–water partition coefficient (Wildman–Crippen LogP) is 0.872. The van der Waals surface area contributed by atoms with E-state index < -0.39 is 0 Å². The van der Waals surface area contributed by atoms with E-state index in [4.69, 9.17) is 16.3 Å². The van der Waals surface area contributed by atoms with Crippen molar-refractivity contribution in [3.05, 3.63) is 16.4 Å². The van der Waals surface area contributed by atoms with Gasteiger partial charge in [-0.15, -0.1) is 0 Å². The van der Waals surface area contributed by atoms with Crippen LogP contribution in [0.2, 0.25) is 5.02 Å². The molecule has 1 aromatic heterocycles. The highest BCUT2D eigenvalue weighted by Crippen LogP contribution is 2.20. The van der Waals surface area contributed by atoms with Gasteiger partial charge in [0, 0.05) is 33.0 Å². The maximum absolute atomic E-state index is 12.0. The fraction of sp³-hybridized carbons (Fsp3) is 0.667. The minimum Gasteiger partial charge on any atom is -0.375 e. The second-order valence-electron chi connectivity index (χ2n) is 4.59. The molecule has 2 heterocycles. The fourth-order valence-electron chi connectivity index (χ4n) is 2.14. The summed E-state index contributed by atoms with van der Waals surface area (Å²) in [6.07, 6.45) is 0.725. The molecule has 0 amide bonds. The topological polar surface area (TPSA) is 56.2 Å². The quantitative estimate of drug-likeness (QED) is 0.883. The number of aryl methyl sites for hydroxylation is 2. The Kier molecular flexibility index (Phi) is 4.37. The number of nitrogens with one attached hydrogen (secondary N) is 1. The molecule has 1 aromatic rings. The average molecular weight is 272 g/mol. The van der Waals surface area contributed by atoms with Crippen molar-refractivity contribution in [2.45, 2.75) is 25.9 Å². The van der Waals surface area contributed by atoms with Crippen molar-refractivity contribution in [3.8, 4) is 0 Å². The lowest BCUT2D eigenvalue weighted by atomic mass is 10.1. The van der Waals surface area contributed by atoms with Crippen LogP contribution in [0.1, 0.15) is 17.8 Å². The molecule has 1 unspecified atom stereocenters. The van der Waals surface area contributed by atoms with Crippen molar-refractivity contribution in [1.29, 1.82) is 0 Å². The van der Waals surface area contributed by atoms with E-state index in [9.17, 15) is 4.79 Å². The summed E-state index contributed by atoms with van der Waals surface area (Å²) in [5.74, 6) is 0.133. The summed E-state index contributed by atoms with van der Waals surface area (Å²) in [4.78, 5) is 12.0. The number of morpholine rings is 1. The van der Waals surface area contributed by atoms with Gasteiger partial charge in [0.1, 0.15) is 5.78 Å². The minimum atomic E-state index is -0.0145. The molecule has 5 nitrogen and oxygen atoms in total. The van der Waals surface area contributed by atoms with Crippen LogP contribution in [0.5, 0.6) is 0 Å². The zero-order valence-electron chi connectivity index (χ0n) is 10.7. The van der Waals surface area contributed by atoms with Crippen LogP contribution < -0.4 is 5.32 Å². The first-order valence-electron chi connectivity index (χ1n) is 6.10. The van der Waals surface area contributed by atoms with E-state index in [2.05, 4.69) is 10.4 Å². The number of aromatic nitrogens is 2. The molecule has 2 rings (SSSR count). The molecule has 1 aliphatic rings. The second-order valence-corrected chi connectivity index (χ2v) is 4.96. The number of rotatable bonds is 4. The Morgan fingerprint density at radius 2 is 2.44 bits per heavy atom. The summed E-state index contributed by atoms with van der Waals surface area (Å²) in [5.41, 5.74) is 1.54. The minimum absolute atomic E-state index is 0.0145. The Hall–Kier alpha value is -0.910. The Labute approximate surface area is 111 Å². The summed E-state index contributed by atoms with van der Waals surface area (Å²) in [6, 6.07) is 0. The van der Waals surface area contributed by atoms with Crippen molar-refractivity contribution >= 4 is 17.4 Å². The smallest absolute Gasteiger partial charge is 0.141 e. The van der Waals surface area contributed by atoms with E-state index in [0.717, 1.165) is 24.5 Å². The van der Waals surface area contributed by atoms with Crippen molar-refractivity contribution in [2.24, 2.45) is 7.05 Å². The van der Waals surface area contributed by atoms with Crippen LogP contribution in [0, 0.1) is 6.92 Å². The van der Waals surface area contributed by atoms with Crippen LogP contribution in [0.25, 0.3) is 0 Å². The fourth-order valence-corrected chi connectivity index (χ4v) is 2.36. The zero-order valence-corrected chi connectivity index (χ0v) is 11.5. The first-order valence-corrected chi connectivity index (χ1v) is 6.47. The van der Waals surface area contributed by atoms with E-state index in [-0.39, 0.29) is 11.9 Å². The maximum atomic E-state index is 12.0. The summed E-state index contributed by atoms with van der Waals surface area (Å²) in [7, 11) is 1.81. The van der Waals surface area contributed by atoms with Crippen LogP contribution in [-0.2, 0) is 23.0 Å². The average Bonchev–Trinajstić information content (AvgIpc) is 2.57. The predicted molar refractivity (Wildman–Crippen MR) is 68.9 cm³/mol. The van der Waals surface area contributed by atoms with Gasteiger partial charge in [-0.25, -0.2) is 0 Å². The van der Waals surface area contributed by atoms with Crippen molar-refractivity contribution < 1.29 is 9.53 Å². The Bertz CT molecular complexity index is 439. The first-order chi connectivity index (χ1) is 8.58. The standard InChI is InChI=1S/C12H18ClN3O2/c1-8-12(13)11(16(2)15-8)6-9(17)5-10-7-14-3-4-18-10/h10,14H,3-7H2,1-2H3. The number of hydrogen-bond acceptors (Lipinski definition) is 4. The largest absolute Gasteiger partial charge is 0.375 e. The van der Waals surface area contributed by atoms with Crippen LogP contribution in [0.15, 0.2) is 0 Å². The first kappa shape index (κ1) is 13.5. The van der Waals surface area contributed by atoms with Crippen molar-refractivity contribution in [3.63, 3.8) is 0 Å². The molecule has 0 bridgehead atoms. The molecule has 18 heavy (non-hydrogen) atoms. The van der Waals surface area contributed by atoms with E-state index >= 15 is 0 Å². The Morgan fingerprint density at radius 3 is 3.00 bits per heavy atom. The molecule has 1 fully saturated rings. The number of halogens is 1. The molecular weight excluding hydrogens is 254 g/mol. The van der Waals surface area contributed by atoms with Gasteiger partial charge in [-0.2, -0.15) is 5.10 Å². The Balaban J connectivity index is 1.94. The van der Waals surface area contributed by atoms with Crippen LogP contribution in [0.3, 0.4) is 0 Å². The highest BCUT2D eigenvalue weighted by Gasteiger charge is 2.20. The number of carbonyl (C=O) groups is 1. The summed E-state index contributed by atoms with van der Waals surface area (Å²) >= 11 is 6.12. The number of hydrogen-bond donors (Lipinski definition) is 1. The lowest BCUT2D eigenvalue weighted by Crippen LogP contribution is -2.39. The van der Waals surface area contributed by atoms with Gasteiger partial charge < -0.3 is 10.1 Å². The third-order valence-electron chi connectivity index (χ3n) is 3.09. The normalized spacial score (nSPS) is 20.1. The number of nitrogens with zero attached hydrogens (tertiary/aromatic N) is 2. The van der Waals surface area contributed by atoms with Gasteiger partial charge >= 0.3 is 0 Å². The van der Waals surface area contributed by atoms with Crippen molar-refractivity contribution in [1.82, 2.24) is 15.1 Å². The molecule has 0 spiro atoms. The van der Waals surface area contributed by atoms with Gasteiger partial charge in [0.05, 0.1) is 29.1 Å². The number of ether oxygens (including phenoxy) is 1. The van der Waals surface area contributed by atoms with Crippen LogP contribution >= 0.6 is 11.6 Å². The molecule has 0 aromatic carbocycles. The van der Waals surface area contributed by atoms with Gasteiger partial charge in [-0.1, -0.05) is 11.6 Å². The van der Waals surface area contributed by atoms with E-state index in [1.807, 2.05) is 6.92 Å². The van der Waals surface area contributed by atoms with Crippen LogP contribution in [0.4, 0.5) is 0 Å². The van der Waals surface area contributed by atoms with E-state index in [1.165, 1.54) is 0 Å². The number of Topliss-reactive ketones (excluding diaryl/α,β-unsaturated/α-hetero) is 1. The molecule has 6 heteroatoms. The number of ketones is 1. The summed E-state index contributed by atoms with van der Waals surface area (Å²) in [6.45, 7) is 4.11. The summed E-state index contributed by atoms with van der Waals surface area (Å²) in [5, 5.41) is 8.00. The van der Waals surface area contributed by atoms with Gasteiger partial charge in [0.15, 0.2) is 0 Å². The van der Waals surface area contributed by atoms with Gasteiger partial charge in [-0.05, 0) is 6.92 Å².